The summed E-state index contributed by atoms with van der Waals surface area (Å²) in [7, 11) is 0. The van der Waals surface area contributed by atoms with E-state index >= 15 is 0 Å². The molecule has 0 atom stereocenters. The molecule has 0 N–H and O–H groups in total. The summed E-state index contributed by atoms with van der Waals surface area (Å²) in [6.45, 7) is 0. The van der Waals surface area contributed by atoms with E-state index in [-0.39, 0.29) is 0 Å². The van der Waals surface area contributed by atoms with E-state index in [9.17, 15) is 0 Å². The SMILES string of the molecule is c1ccc(-c2nc(-c3ccccc3)nc(-c3cc(-n4c5ccccc5c5cc(-c6ccc7sc8ccccc8c7c6)ccc54)c4c(c3)oc3ccccc34)n2)cc1. The number of para-hydroxylation sites is 2. The first kappa shape index (κ1) is 31.9. The number of thiophene rings is 1. The van der Waals surface area contributed by atoms with E-state index in [1.54, 1.807) is 0 Å². The van der Waals surface area contributed by atoms with Crippen molar-refractivity contribution in [3.8, 4) is 51.0 Å². The highest BCUT2D eigenvalue weighted by Gasteiger charge is 2.22. The number of hydrogen-bond acceptors (Lipinski definition) is 5. The fourth-order valence-electron chi connectivity index (χ4n) is 8.39. The normalized spacial score (nSPS) is 11.9. The molecule has 0 spiro atoms. The van der Waals surface area contributed by atoms with E-state index in [0.717, 1.165) is 55.3 Å². The minimum atomic E-state index is 0.575. The number of furan rings is 1. The Morgan fingerprint density at radius 1 is 0.368 bits per heavy atom. The van der Waals surface area contributed by atoms with Crippen LogP contribution in [0.4, 0.5) is 0 Å². The maximum absolute atomic E-state index is 6.66. The van der Waals surface area contributed by atoms with Gasteiger partial charge in [0.1, 0.15) is 11.2 Å². The fraction of sp³-hybridized carbons (Fsp3) is 0. The van der Waals surface area contributed by atoms with E-state index in [4.69, 9.17) is 19.4 Å². The van der Waals surface area contributed by atoms with Crippen LogP contribution in [-0.4, -0.2) is 19.5 Å². The molecule has 12 rings (SSSR count). The first-order valence-electron chi connectivity index (χ1n) is 19.0. The molecule has 12 aromatic rings. The van der Waals surface area contributed by atoms with Gasteiger partial charge in [-0.1, -0.05) is 127 Å². The van der Waals surface area contributed by atoms with Crippen LogP contribution in [0.2, 0.25) is 0 Å². The predicted octanol–water partition coefficient (Wildman–Crippen LogP) is 13.9. The number of aromatic nitrogens is 4. The summed E-state index contributed by atoms with van der Waals surface area (Å²) in [5.41, 5.74) is 9.89. The minimum absolute atomic E-state index is 0.575. The molecular formula is C51H30N4OS. The van der Waals surface area contributed by atoms with Gasteiger partial charge in [0.15, 0.2) is 17.5 Å². The van der Waals surface area contributed by atoms with Crippen molar-refractivity contribution in [3.05, 3.63) is 182 Å². The van der Waals surface area contributed by atoms with Gasteiger partial charge < -0.3 is 8.98 Å². The van der Waals surface area contributed by atoms with Crippen molar-refractivity contribution in [2.24, 2.45) is 0 Å². The van der Waals surface area contributed by atoms with Crippen LogP contribution in [0, 0.1) is 0 Å². The summed E-state index contributed by atoms with van der Waals surface area (Å²) in [6, 6.07) is 63.9. The summed E-state index contributed by atoms with van der Waals surface area (Å²) in [6.07, 6.45) is 0. The van der Waals surface area contributed by atoms with Gasteiger partial charge in [0.2, 0.25) is 0 Å². The summed E-state index contributed by atoms with van der Waals surface area (Å²) in [5.74, 6) is 1.80. The van der Waals surface area contributed by atoms with Gasteiger partial charge in [0.25, 0.3) is 0 Å². The Balaban J connectivity index is 1.11. The molecule has 0 saturated heterocycles. The Labute approximate surface area is 330 Å². The zero-order valence-corrected chi connectivity index (χ0v) is 31.2. The number of fused-ring (bicyclic) bond motifs is 9. The lowest BCUT2D eigenvalue weighted by Crippen LogP contribution is -2.01. The Bertz CT molecular complexity index is 3470. The fourth-order valence-corrected chi connectivity index (χ4v) is 9.48. The van der Waals surface area contributed by atoms with Gasteiger partial charge in [-0.05, 0) is 65.7 Å². The van der Waals surface area contributed by atoms with Gasteiger partial charge in [-0.15, -0.1) is 11.3 Å². The molecule has 6 heteroatoms. The van der Waals surface area contributed by atoms with Crippen molar-refractivity contribution in [1.29, 1.82) is 0 Å². The summed E-state index contributed by atoms with van der Waals surface area (Å²) < 4.78 is 11.7. The maximum atomic E-state index is 6.66. The summed E-state index contributed by atoms with van der Waals surface area (Å²) >= 11 is 1.85. The molecule has 0 amide bonds. The molecule has 4 heterocycles. The topological polar surface area (TPSA) is 56.7 Å². The van der Waals surface area contributed by atoms with Crippen molar-refractivity contribution in [3.63, 3.8) is 0 Å². The van der Waals surface area contributed by atoms with Crippen molar-refractivity contribution in [1.82, 2.24) is 19.5 Å². The van der Waals surface area contributed by atoms with Crippen molar-refractivity contribution >= 4 is 75.3 Å². The molecule has 0 bridgehead atoms. The van der Waals surface area contributed by atoms with Gasteiger partial charge in [0.05, 0.1) is 22.1 Å². The van der Waals surface area contributed by atoms with E-state index in [0.29, 0.717) is 17.5 Å². The highest BCUT2D eigenvalue weighted by atomic mass is 32.1. The van der Waals surface area contributed by atoms with Crippen molar-refractivity contribution in [2.75, 3.05) is 0 Å². The number of benzene rings is 8. The average molecular weight is 747 g/mol. The molecule has 8 aromatic carbocycles. The average Bonchev–Trinajstić information content (AvgIpc) is 3.95. The molecule has 0 aliphatic rings. The lowest BCUT2D eigenvalue weighted by Gasteiger charge is -2.13. The molecule has 57 heavy (non-hydrogen) atoms. The first-order chi connectivity index (χ1) is 28.2. The van der Waals surface area contributed by atoms with E-state index in [2.05, 4.69) is 114 Å². The molecule has 0 fully saturated rings. The van der Waals surface area contributed by atoms with Gasteiger partial charge in [-0.3, -0.25) is 0 Å². The van der Waals surface area contributed by atoms with Gasteiger partial charge in [-0.25, -0.2) is 15.0 Å². The van der Waals surface area contributed by atoms with E-state index in [1.807, 2.05) is 84.1 Å². The molecule has 0 aliphatic carbocycles. The largest absolute Gasteiger partial charge is 0.456 e. The third kappa shape index (κ3) is 5.12. The monoisotopic (exact) mass is 746 g/mol. The standard InChI is InChI=1S/C51H30N4OS/c1-3-13-31(14-4-1)49-52-50(32-15-5-2-6-16-32)54-51(53-49)35-29-43(48-38-19-8-11-21-44(38)56-45(48)30-35)55-41-20-10-7-17-36(41)39-27-33(23-25-42(39)55)34-24-26-47-40(28-34)37-18-9-12-22-46(37)57-47/h1-30H. The second-order valence-corrected chi connectivity index (χ2v) is 15.5. The molecule has 0 aliphatic heterocycles. The third-order valence-corrected chi connectivity index (χ3v) is 12.2. The molecular weight excluding hydrogens is 717 g/mol. The molecule has 5 nitrogen and oxygen atoms in total. The van der Waals surface area contributed by atoms with E-state index < -0.39 is 0 Å². The third-order valence-electron chi connectivity index (χ3n) is 11.0. The molecule has 266 valence electrons. The maximum Gasteiger partial charge on any atom is 0.164 e. The zero-order chi connectivity index (χ0) is 37.5. The number of rotatable bonds is 5. The van der Waals surface area contributed by atoms with E-state index in [1.165, 1.54) is 42.1 Å². The number of nitrogens with zero attached hydrogens (tertiary/aromatic N) is 4. The zero-order valence-electron chi connectivity index (χ0n) is 30.4. The van der Waals surface area contributed by atoms with Crippen LogP contribution in [0.5, 0.6) is 0 Å². The Hall–Kier alpha value is -7.41. The van der Waals surface area contributed by atoms with Crippen LogP contribution in [0.3, 0.4) is 0 Å². The smallest absolute Gasteiger partial charge is 0.164 e. The molecule has 4 aromatic heterocycles. The molecule has 0 radical (unpaired) electrons. The van der Waals surface area contributed by atoms with Gasteiger partial charge >= 0.3 is 0 Å². The van der Waals surface area contributed by atoms with Gasteiger partial charge in [-0.2, -0.15) is 0 Å². The molecule has 0 saturated carbocycles. The molecule has 0 unspecified atom stereocenters. The van der Waals surface area contributed by atoms with Crippen LogP contribution in [0.25, 0.3) is 115 Å². The van der Waals surface area contributed by atoms with Crippen molar-refractivity contribution < 1.29 is 4.42 Å². The highest BCUT2D eigenvalue weighted by Crippen LogP contribution is 2.43. The van der Waals surface area contributed by atoms with Crippen LogP contribution < -0.4 is 0 Å². The second-order valence-electron chi connectivity index (χ2n) is 14.4. The van der Waals surface area contributed by atoms with Crippen LogP contribution in [0.1, 0.15) is 0 Å². The predicted molar refractivity (Wildman–Crippen MR) is 236 cm³/mol. The Morgan fingerprint density at radius 2 is 0.930 bits per heavy atom. The van der Waals surface area contributed by atoms with Crippen LogP contribution in [0.15, 0.2) is 186 Å². The minimum Gasteiger partial charge on any atom is -0.456 e. The Kier molecular flexibility index (Phi) is 7.03. The quantitative estimate of drug-likeness (QED) is 0.176. The lowest BCUT2D eigenvalue weighted by atomic mass is 10.0. The number of hydrogen-bond donors (Lipinski definition) is 0. The second kappa shape index (κ2) is 12.6. The first-order valence-corrected chi connectivity index (χ1v) is 19.8. The summed E-state index contributed by atoms with van der Waals surface area (Å²) in [4.78, 5) is 15.2. The summed E-state index contributed by atoms with van der Waals surface area (Å²) in [5, 5.41) is 7.06. The van der Waals surface area contributed by atoms with Crippen molar-refractivity contribution in [2.45, 2.75) is 0 Å². The highest BCUT2D eigenvalue weighted by molar-refractivity contribution is 7.25. The lowest BCUT2D eigenvalue weighted by molar-refractivity contribution is 0.669. The van der Waals surface area contributed by atoms with Crippen LogP contribution >= 0.6 is 11.3 Å². The van der Waals surface area contributed by atoms with Gasteiger partial charge in [0, 0.05) is 53.0 Å². The Morgan fingerprint density at radius 3 is 1.68 bits per heavy atom. The van der Waals surface area contributed by atoms with Crippen LogP contribution in [-0.2, 0) is 0 Å².